The Morgan fingerprint density at radius 2 is 2.19 bits per heavy atom. The summed E-state index contributed by atoms with van der Waals surface area (Å²) < 4.78 is 2.35. The molecule has 1 fully saturated rings. The van der Waals surface area contributed by atoms with Crippen LogP contribution in [-0.4, -0.2) is 20.5 Å². The molecule has 0 bridgehead atoms. The molecule has 1 saturated carbocycles. The molecule has 1 aromatic rings. The summed E-state index contributed by atoms with van der Waals surface area (Å²) in [5.74, 6) is 2.59. The zero-order chi connectivity index (χ0) is 11.5. The second-order valence-electron chi connectivity index (χ2n) is 4.48. The predicted molar refractivity (Wildman–Crippen MR) is 67.9 cm³/mol. The molecule has 1 heterocycles. The van der Waals surface area contributed by atoms with Gasteiger partial charge in [0.2, 0.25) is 0 Å². The summed E-state index contributed by atoms with van der Waals surface area (Å²) in [6.45, 7) is 6.41. The fourth-order valence-corrected chi connectivity index (χ4v) is 2.59. The van der Waals surface area contributed by atoms with Gasteiger partial charge >= 0.3 is 0 Å². The van der Waals surface area contributed by atoms with Crippen LogP contribution >= 0.6 is 11.8 Å². The third-order valence-electron chi connectivity index (χ3n) is 2.66. The second kappa shape index (κ2) is 5.04. The highest BCUT2D eigenvalue weighted by Crippen LogP contribution is 2.39. The molecule has 1 aromatic heterocycles. The van der Waals surface area contributed by atoms with Crippen molar-refractivity contribution in [1.29, 1.82) is 0 Å². The van der Waals surface area contributed by atoms with Crippen LogP contribution in [0.25, 0.3) is 0 Å². The van der Waals surface area contributed by atoms with E-state index >= 15 is 0 Å². The van der Waals surface area contributed by atoms with Crippen LogP contribution in [0.2, 0.25) is 0 Å². The van der Waals surface area contributed by atoms with Gasteiger partial charge in [-0.15, -0.1) is 10.2 Å². The molecule has 0 N–H and O–H groups in total. The zero-order valence-electron chi connectivity index (χ0n) is 10.2. The number of aromatic nitrogens is 3. The molecule has 0 aliphatic heterocycles. The molecule has 0 saturated heterocycles. The molecular formula is C12H19N3S. The van der Waals surface area contributed by atoms with Gasteiger partial charge in [0.1, 0.15) is 5.82 Å². The minimum absolute atomic E-state index is 0.462. The van der Waals surface area contributed by atoms with Crippen molar-refractivity contribution in [2.75, 3.05) is 5.75 Å². The van der Waals surface area contributed by atoms with Crippen molar-refractivity contribution in [3.05, 3.63) is 18.0 Å². The highest BCUT2D eigenvalue weighted by Gasteiger charge is 2.30. The van der Waals surface area contributed by atoms with E-state index in [0.717, 1.165) is 16.7 Å². The van der Waals surface area contributed by atoms with Crippen LogP contribution in [0.4, 0.5) is 0 Å². The topological polar surface area (TPSA) is 30.7 Å². The van der Waals surface area contributed by atoms with Gasteiger partial charge in [0.05, 0.1) is 0 Å². The molecule has 0 aromatic carbocycles. The maximum Gasteiger partial charge on any atom is 0.191 e. The van der Waals surface area contributed by atoms with Gasteiger partial charge < -0.3 is 4.57 Å². The highest BCUT2D eigenvalue weighted by atomic mass is 32.2. The molecule has 4 heteroatoms. The van der Waals surface area contributed by atoms with Gasteiger partial charge in [-0.05, 0) is 19.8 Å². The van der Waals surface area contributed by atoms with Crippen molar-refractivity contribution < 1.29 is 0 Å². The molecule has 0 unspecified atom stereocenters. The van der Waals surface area contributed by atoms with Gasteiger partial charge in [0.15, 0.2) is 5.16 Å². The van der Waals surface area contributed by atoms with Crippen molar-refractivity contribution in [2.45, 2.75) is 50.7 Å². The van der Waals surface area contributed by atoms with E-state index in [-0.39, 0.29) is 0 Å². The lowest BCUT2D eigenvalue weighted by Gasteiger charge is -2.09. The second-order valence-corrected chi connectivity index (χ2v) is 5.46. The third-order valence-corrected chi connectivity index (χ3v) is 3.56. The smallest absolute Gasteiger partial charge is 0.191 e. The number of nitrogens with zero attached hydrogens (tertiary/aromatic N) is 3. The summed E-state index contributed by atoms with van der Waals surface area (Å²) in [6, 6.07) is 0.667. The van der Waals surface area contributed by atoms with Crippen LogP contribution in [0.3, 0.4) is 0 Å². The van der Waals surface area contributed by atoms with Gasteiger partial charge in [-0.1, -0.05) is 37.8 Å². The van der Waals surface area contributed by atoms with E-state index in [9.17, 15) is 0 Å². The lowest BCUT2D eigenvalue weighted by molar-refractivity contribution is 0.599. The van der Waals surface area contributed by atoms with E-state index in [0.29, 0.717) is 12.0 Å². The number of thioether (sulfide) groups is 1. The Morgan fingerprint density at radius 3 is 2.75 bits per heavy atom. The maximum absolute atomic E-state index is 4.32. The van der Waals surface area contributed by atoms with E-state index in [1.807, 2.05) is 6.92 Å². The van der Waals surface area contributed by atoms with Crippen molar-refractivity contribution in [3.63, 3.8) is 0 Å². The standard InChI is InChI=1S/C12H19N3S/c1-4-5-8-16-12-14-13-11(9(2)3)15(12)10-6-7-10/h4-5,9-10H,6-8H2,1-3H3. The van der Waals surface area contributed by atoms with Crippen LogP contribution < -0.4 is 0 Å². The third kappa shape index (κ3) is 2.48. The van der Waals surface area contributed by atoms with E-state index in [1.54, 1.807) is 11.8 Å². The molecule has 0 amide bonds. The Labute approximate surface area is 101 Å². The monoisotopic (exact) mass is 237 g/mol. The average Bonchev–Trinajstić information content (AvgIpc) is 3.00. The predicted octanol–water partition coefficient (Wildman–Crippen LogP) is 3.40. The van der Waals surface area contributed by atoms with Crippen molar-refractivity contribution in [1.82, 2.24) is 14.8 Å². The minimum Gasteiger partial charge on any atom is -0.303 e. The van der Waals surface area contributed by atoms with Crippen molar-refractivity contribution in [3.8, 4) is 0 Å². The summed E-state index contributed by atoms with van der Waals surface area (Å²) >= 11 is 1.78. The lowest BCUT2D eigenvalue weighted by atomic mass is 10.2. The van der Waals surface area contributed by atoms with Crippen molar-refractivity contribution in [2.24, 2.45) is 0 Å². The zero-order valence-corrected chi connectivity index (χ0v) is 11.0. The van der Waals surface area contributed by atoms with Gasteiger partial charge in [-0.2, -0.15) is 0 Å². The first-order chi connectivity index (χ1) is 7.74. The molecule has 0 radical (unpaired) electrons. The van der Waals surface area contributed by atoms with E-state index in [2.05, 4.69) is 40.8 Å². The molecule has 16 heavy (non-hydrogen) atoms. The molecule has 2 rings (SSSR count). The van der Waals surface area contributed by atoms with Gasteiger partial charge in [0, 0.05) is 17.7 Å². The lowest BCUT2D eigenvalue weighted by Crippen LogP contribution is -2.04. The number of allylic oxidation sites excluding steroid dienone is 1. The Hall–Kier alpha value is -0.770. The summed E-state index contributed by atoms with van der Waals surface area (Å²) in [5, 5.41) is 9.72. The average molecular weight is 237 g/mol. The maximum atomic E-state index is 4.32. The molecule has 1 aliphatic rings. The Bertz CT molecular complexity index is 378. The van der Waals surface area contributed by atoms with E-state index < -0.39 is 0 Å². The molecule has 0 atom stereocenters. The fraction of sp³-hybridized carbons (Fsp3) is 0.667. The van der Waals surface area contributed by atoms with Crippen LogP contribution in [0, 0.1) is 0 Å². The van der Waals surface area contributed by atoms with E-state index in [1.165, 1.54) is 12.8 Å². The SMILES string of the molecule is CC=CCSc1nnc(C(C)C)n1C1CC1. The highest BCUT2D eigenvalue weighted by molar-refractivity contribution is 7.99. The number of hydrogen-bond donors (Lipinski definition) is 0. The Morgan fingerprint density at radius 1 is 1.44 bits per heavy atom. The normalized spacial score (nSPS) is 16.5. The minimum atomic E-state index is 0.462. The molecule has 1 aliphatic carbocycles. The largest absolute Gasteiger partial charge is 0.303 e. The Kier molecular flexibility index (Phi) is 3.69. The first kappa shape index (κ1) is 11.7. The van der Waals surface area contributed by atoms with Crippen LogP contribution in [0.15, 0.2) is 17.3 Å². The van der Waals surface area contributed by atoms with Gasteiger partial charge in [-0.25, -0.2) is 0 Å². The summed E-state index contributed by atoms with van der Waals surface area (Å²) in [7, 11) is 0. The first-order valence-corrected chi connectivity index (χ1v) is 6.91. The summed E-state index contributed by atoms with van der Waals surface area (Å²) in [6.07, 6.45) is 6.81. The molecular weight excluding hydrogens is 218 g/mol. The Balaban J connectivity index is 2.17. The van der Waals surface area contributed by atoms with Crippen LogP contribution in [-0.2, 0) is 0 Å². The summed E-state index contributed by atoms with van der Waals surface area (Å²) in [5.41, 5.74) is 0. The molecule has 3 nitrogen and oxygen atoms in total. The first-order valence-electron chi connectivity index (χ1n) is 5.92. The van der Waals surface area contributed by atoms with Crippen LogP contribution in [0.1, 0.15) is 51.4 Å². The molecule has 88 valence electrons. The van der Waals surface area contributed by atoms with Gasteiger partial charge in [0.25, 0.3) is 0 Å². The molecule has 0 spiro atoms. The number of rotatable bonds is 5. The number of hydrogen-bond acceptors (Lipinski definition) is 3. The van der Waals surface area contributed by atoms with Gasteiger partial charge in [-0.3, -0.25) is 0 Å². The van der Waals surface area contributed by atoms with Crippen LogP contribution in [0.5, 0.6) is 0 Å². The van der Waals surface area contributed by atoms with E-state index in [4.69, 9.17) is 0 Å². The quantitative estimate of drug-likeness (QED) is 0.581. The summed E-state index contributed by atoms with van der Waals surface area (Å²) in [4.78, 5) is 0. The van der Waals surface area contributed by atoms with Crippen molar-refractivity contribution >= 4 is 11.8 Å². The fourth-order valence-electron chi connectivity index (χ4n) is 1.68.